The van der Waals surface area contributed by atoms with Gasteiger partial charge < -0.3 is 10.8 Å². The normalized spacial score (nSPS) is 11.8. The van der Waals surface area contributed by atoms with E-state index in [0.717, 1.165) is 11.5 Å². The molecule has 0 aromatic rings. The van der Waals surface area contributed by atoms with Crippen LogP contribution in [-0.4, -0.2) is 28.6 Å². The molecule has 0 amide bonds. The van der Waals surface area contributed by atoms with E-state index in [1.54, 1.807) is 11.8 Å². The number of carboxylic acid groups (broad SMARTS) is 1. The third-order valence-corrected chi connectivity index (χ3v) is 2.03. The zero-order chi connectivity index (χ0) is 7.98. The molecule has 0 saturated heterocycles. The van der Waals surface area contributed by atoms with Crippen LogP contribution in [0.4, 0.5) is 0 Å². The van der Waals surface area contributed by atoms with Gasteiger partial charge in [-0.05, 0) is 17.9 Å². The van der Waals surface area contributed by atoms with Crippen molar-refractivity contribution in [3.8, 4) is 0 Å². The molecule has 0 heterocycles. The van der Waals surface area contributed by atoms with E-state index in [0.29, 0.717) is 6.42 Å². The quantitative estimate of drug-likeness (QED) is 0.500. The Bertz CT molecular complexity index is 113. The maximum absolute atomic E-state index is 10.2. The van der Waals surface area contributed by atoms with Crippen molar-refractivity contribution in [3.63, 3.8) is 0 Å². The molecule has 68 valence electrons. The fraction of sp³-hybridized carbons (Fsp3) is 0.833. The Kier molecular flexibility index (Phi) is 10.4. The second kappa shape index (κ2) is 8.31. The summed E-state index contributed by atoms with van der Waals surface area (Å²) in [7, 11) is 0. The van der Waals surface area contributed by atoms with Gasteiger partial charge in [0.15, 0.2) is 0 Å². The summed E-state index contributed by atoms with van der Waals surface area (Å²) in [6.07, 6.45) is 0.563. The molecule has 3 N–H and O–H groups in total. The smallest absolute Gasteiger partial charge is 0.320 e. The molecule has 0 aromatic heterocycles. The van der Waals surface area contributed by atoms with Gasteiger partial charge in [0, 0.05) is 0 Å². The first-order valence-electron chi connectivity index (χ1n) is 3.24. The van der Waals surface area contributed by atoms with E-state index in [1.807, 2.05) is 6.92 Å². The van der Waals surface area contributed by atoms with Gasteiger partial charge in [-0.25, -0.2) is 0 Å². The SMILES string of the molecule is CCSCCC(N)C(=O)O.P. The molecule has 0 bridgehead atoms. The largest absolute Gasteiger partial charge is 0.480 e. The Labute approximate surface area is 74.7 Å². The maximum Gasteiger partial charge on any atom is 0.320 e. The first kappa shape index (κ1) is 13.8. The molecule has 2 atom stereocenters. The van der Waals surface area contributed by atoms with Gasteiger partial charge in [-0.3, -0.25) is 4.79 Å². The number of thioether (sulfide) groups is 1. The number of hydrogen-bond acceptors (Lipinski definition) is 3. The average molecular weight is 197 g/mol. The highest BCUT2D eigenvalue weighted by Crippen LogP contribution is 2.02. The molecule has 2 unspecified atom stereocenters. The molecule has 5 heteroatoms. The number of carbonyl (C=O) groups is 1. The van der Waals surface area contributed by atoms with Crippen molar-refractivity contribution < 1.29 is 9.90 Å². The van der Waals surface area contributed by atoms with Crippen molar-refractivity contribution in [2.24, 2.45) is 5.73 Å². The van der Waals surface area contributed by atoms with Crippen LogP contribution in [0.1, 0.15) is 13.3 Å². The third kappa shape index (κ3) is 8.11. The van der Waals surface area contributed by atoms with Crippen molar-refractivity contribution in [2.45, 2.75) is 19.4 Å². The van der Waals surface area contributed by atoms with Crippen LogP contribution in [0.3, 0.4) is 0 Å². The summed E-state index contributed by atoms with van der Waals surface area (Å²) in [5, 5.41) is 8.35. The lowest BCUT2D eigenvalue weighted by atomic mass is 10.2. The molecule has 0 aliphatic rings. The van der Waals surface area contributed by atoms with Gasteiger partial charge in [0.05, 0.1) is 0 Å². The van der Waals surface area contributed by atoms with Crippen molar-refractivity contribution in [1.82, 2.24) is 0 Å². The monoisotopic (exact) mass is 197 g/mol. The number of rotatable bonds is 5. The molecule has 0 aromatic carbocycles. The molecule has 0 fully saturated rings. The lowest BCUT2D eigenvalue weighted by molar-refractivity contribution is -0.138. The molecule has 0 aliphatic heterocycles. The summed E-state index contributed by atoms with van der Waals surface area (Å²) in [5.41, 5.74) is 5.24. The van der Waals surface area contributed by atoms with Gasteiger partial charge in [0.2, 0.25) is 0 Å². The van der Waals surface area contributed by atoms with E-state index in [4.69, 9.17) is 10.8 Å². The topological polar surface area (TPSA) is 63.3 Å². The van der Waals surface area contributed by atoms with Gasteiger partial charge in [-0.15, -0.1) is 0 Å². The van der Waals surface area contributed by atoms with Crippen LogP contribution < -0.4 is 5.73 Å². The predicted molar refractivity (Wildman–Crippen MR) is 54.3 cm³/mol. The van der Waals surface area contributed by atoms with E-state index in [9.17, 15) is 4.79 Å². The van der Waals surface area contributed by atoms with Crippen LogP contribution >= 0.6 is 21.7 Å². The minimum Gasteiger partial charge on any atom is -0.480 e. The first-order valence-corrected chi connectivity index (χ1v) is 4.40. The molecule has 3 nitrogen and oxygen atoms in total. The van der Waals surface area contributed by atoms with E-state index >= 15 is 0 Å². The minimum absolute atomic E-state index is 0. The standard InChI is InChI=1S/C6H13NO2S.H3P/c1-2-10-4-3-5(7)6(8)9;/h5H,2-4,7H2,1H3,(H,8,9);1H3. The third-order valence-electron chi connectivity index (χ3n) is 1.09. The molecular formula is C6H16NO2PS. The predicted octanol–water partition coefficient (Wildman–Crippen LogP) is 0.600. The molecule has 0 spiro atoms. The zero-order valence-corrected chi connectivity index (χ0v) is 8.98. The molecule has 0 radical (unpaired) electrons. The fourth-order valence-electron chi connectivity index (χ4n) is 0.478. The zero-order valence-electron chi connectivity index (χ0n) is 6.75. The van der Waals surface area contributed by atoms with Crippen LogP contribution in [0.2, 0.25) is 0 Å². The van der Waals surface area contributed by atoms with Crippen molar-refractivity contribution in [2.75, 3.05) is 11.5 Å². The summed E-state index contributed by atoms with van der Waals surface area (Å²) in [5.74, 6) is 0.952. The number of nitrogens with two attached hydrogens (primary N) is 1. The van der Waals surface area contributed by atoms with E-state index in [1.165, 1.54) is 0 Å². The number of hydrogen-bond donors (Lipinski definition) is 2. The summed E-state index contributed by atoms with van der Waals surface area (Å²) in [6, 6.07) is -0.681. The maximum atomic E-state index is 10.2. The van der Waals surface area contributed by atoms with E-state index in [-0.39, 0.29) is 9.90 Å². The Morgan fingerprint density at radius 2 is 2.27 bits per heavy atom. The highest BCUT2D eigenvalue weighted by atomic mass is 32.2. The van der Waals surface area contributed by atoms with Crippen molar-refractivity contribution >= 4 is 27.6 Å². The highest BCUT2D eigenvalue weighted by Gasteiger charge is 2.09. The van der Waals surface area contributed by atoms with Crippen molar-refractivity contribution in [1.29, 1.82) is 0 Å². The second-order valence-corrected chi connectivity index (χ2v) is 3.32. The van der Waals surface area contributed by atoms with Crippen LogP contribution in [0.15, 0.2) is 0 Å². The lowest BCUT2D eigenvalue weighted by Crippen LogP contribution is -2.30. The van der Waals surface area contributed by atoms with Gasteiger partial charge >= 0.3 is 5.97 Å². The Balaban J connectivity index is 0. The van der Waals surface area contributed by atoms with Crippen molar-refractivity contribution in [3.05, 3.63) is 0 Å². The highest BCUT2D eigenvalue weighted by molar-refractivity contribution is 7.99. The molecule has 0 aliphatic carbocycles. The summed E-state index contributed by atoms with van der Waals surface area (Å²) in [4.78, 5) is 10.2. The van der Waals surface area contributed by atoms with Crippen LogP contribution in [0.5, 0.6) is 0 Å². The first-order chi connectivity index (χ1) is 4.68. The molecule has 0 saturated carbocycles. The van der Waals surface area contributed by atoms with E-state index < -0.39 is 12.0 Å². The lowest BCUT2D eigenvalue weighted by Gasteiger charge is -2.03. The second-order valence-electron chi connectivity index (χ2n) is 1.93. The van der Waals surface area contributed by atoms with Gasteiger partial charge in [0.1, 0.15) is 6.04 Å². The molecule has 11 heavy (non-hydrogen) atoms. The van der Waals surface area contributed by atoms with E-state index in [2.05, 4.69) is 0 Å². The fourth-order valence-corrected chi connectivity index (χ4v) is 1.19. The molecular weight excluding hydrogens is 181 g/mol. The Morgan fingerprint density at radius 1 is 1.73 bits per heavy atom. The van der Waals surface area contributed by atoms with Gasteiger partial charge in [-0.2, -0.15) is 21.7 Å². The summed E-state index contributed by atoms with van der Waals surface area (Å²) < 4.78 is 0. The Hall–Kier alpha value is 0.210. The van der Waals surface area contributed by atoms with Gasteiger partial charge in [-0.1, -0.05) is 6.92 Å². The van der Waals surface area contributed by atoms with Crippen LogP contribution in [-0.2, 0) is 4.79 Å². The van der Waals surface area contributed by atoms with Crippen LogP contribution in [0, 0.1) is 0 Å². The van der Waals surface area contributed by atoms with Crippen LogP contribution in [0.25, 0.3) is 0 Å². The number of carboxylic acids is 1. The average Bonchev–Trinajstić information content (AvgIpc) is 1.88. The minimum atomic E-state index is -0.906. The summed E-state index contributed by atoms with van der Waals surface area (Å²) in [6.45, 7) is 2.04. The summed E-state index contributed by atoms with van der Waals surface area (Å²) >= 11 is 1.71. The Morgan fingerprint density at radius 3 is 2.64 bits per heavy atom. The molecule has 0 rings (SSSR count). The van der Waals surface area contributed by atoms with Gasteiger partial charge in [0.25, 0.3) is 0 Å². The number of aliphatic carboxylic acids is 1.